The highest BCUT2D eigenvalue weighted by Gasteiger charge is 2.46. The Bertz CT molecular complexity index is 953. The zero-order valence-electron chi connectivity index (χ0n) is 15.2. The first-order chi connectivity index (χ1) is 13.0. The number of aryl methyl sites for hydroxylation is 2. The average Bonchev–Trinajstić information content (AvgIpc) is 3.19. The van der Waals surface area contributed by atoms with Gasteiger partial charge in [-0.3, -0.25) is 14.5 Å². The van der Waals surface area contributed by atoms with Gasteiger partial charge in [0.2, 0.25) is 18.0 Å². The number of rotatable bonds is 3. The molecule has 2 amide bonds. The van der Waals surface area contributed by atoms with Gasteiger partial charge in [0.05, 0.1) is 5.56 Å². The molecule has 2 aliphatic heterocycles. The summed E-state index contributed by atoms with van der Waals surface area (Å²) in [7, 11) is 0. The minimum atomic E-state index is -0.848. The third kappa shape index (κ3) is 2.97. The zero-order valence-corrected chi connectivity index (χ0v) is 15.2. The Balaban J connectivity index is 1.59. The molecule has 1 saturated heterocycles. The minimum absolute atomic E-state index is 0.190. The van der Waals surface area contributed by atoms with E-state index < -0.39 is 18.2 Å². The molecule has 2 aliphatic rings. The molecule has 2 unspecified atom stereocenters. The molecule has 27 heavy (non-hydrogen) atoms. The molecule has 2 heterocycles. The molecule has 0 bridgehead atoms. The third-order valence-electron chi connectivity index (χ3n) is 5.25. The van der Waals surface area contributed by atoms with Gasteiger partial charge >= 0.3 is 5.97 Å². The van der Waals surface area contributed by atoms with E-state index >= 15 is 0 Å². The monoisotopic (exact) mass is 364 g/mol. The lowest BCUT2D eigenvalue weighted by Crippen LogP contribution is -2.43. The number of carbonyl (C=O) groups is 3. The second-order valence-electron chi connectivity index (χ2n) is 6.99. The van der Waals surface area contributed by atoms with E-state index in [9.17, 15) is 14.4 Å². The van der Waals surface area contributed by atoms with Crippen molar-refractivity contribution >= 4 is 23.5 Å². The topological polar surface area (TPSA) is 75.7 Å². The second kappa shape index (κ2) is 6.54. The van der Waals surface area contributed by atoms with Crippen LogP contribution in [0.15, 0.2) is 42.5 Å². The summed E-state index contributed by atoms with van der Waals surface area (Å²) in [5.41, 5.74) is 3.97. The van der Waals surface area contributed by atoms with Gasteiger partial charge in [0.15, 0.2) is 0 Å². The molecule has 2 atom stereocenters. The number of fused-ring (bicyclic) bond motifs is 1. The quantitative estimate of drug-likeness (QED) is 0.849. The fourth-order valence-corrected chi connectivity index (χ4v) is 3.63. The number of nitrogens with zero attached hydrogens (tertiary/aromatic N) is 1. The van der Waals surface area contributed by atoms with Crippen LogP contribution in [0.5, 0.6) is 0 Å². The first kappa shape index (κ1) is 17.3. The van der Waals surface area contributed by atoms with E-state index in [0.29, 0.717) is 23.2 Å². The first-order valence-electron chi connectivity index (χ1n) is 8.95. The Kier molecular flexibility index (Phi) is 4.18. The Hall–Kier alpha value is -3.15. The van der Waals surface area contributed by atoms with Crippen LogP contribution in [0.1, 0.15) is 46.1 Å². The van der Waals surface area contributed by atoms with Gasteiger partial charge in [-0.25, -0.2) is 4.79 Å². The van der Waals surface area contributed by atoms with E-state index in [0.717, 1.165) is 11.1 Å². The molecule has 0 aliphatic carbocycles. The average molecular weight is 364 g/mol. The summed E-state index contributed by atoms with van der Waals surface area (Å²) in [6.45, 7) is 3.98. The van der Waals surface area contributed by atoms with Gasteiger partial charge in [-0.15, -0.1) is 0 Å². The Morgan fingerprint density at radius 2 is 1.89 bits per heavy atom. The molecule has 0 aromatic heterocycles. The van der Waals surface area contributed by atoms with Crippen LogP contribution in [0, 0.1) is 13.8 Å². The predicted molar refractivity (Wildman–Crippen MR) is 99.0 cm³/mol. The number of benzene rings is 2. The van der Waals surface area contributed by atoms with Gasteiger partial charge in [0, 0.05) is 17.7 Å². The fourth-order valence-electron chi connectivity index (χ4n) is 3.63. The van der Waals surface area contributed by atoms with Crippen LogP contribution in [0.3, 0.4) is 0 Å². The Labute approximate surface area is 157 Å². The van der Waals surface area contributed by atoms with E-state index in [1.807, 2.05) is 32.0 Å². The highest BCUT2D eigenvalue weighted by molar-refractivity contribution is 6.00. The lowest BCUT2D eigenvalue weighted by molar-refractivity contribution is -0.144. The summed E-state index contributed by atoms with van der Waals surface area (Å²) < 4.78 is 5.44. The van der Waals surface area contributed by atoms with Crippen molar-refractivity contribution in [1.82, 2.24) is 4.90 Å². The van der Waals surface area contributed by atoms with Crippen LogP contribution < -0.4 is 5.32 Å². The SMILES string of the molecule is Cc1ccc(NC(=O)C2CCC(=O)N2C2OC(=O)c3ccccc32)cc1C. The van der Waals surface area contributed by atoms with Crippen LogP contribution in [-0.4, -0.2) is 28.7 Å². The number of esters is 1. The normalized spacial score (nSPS) is 21.2. The lowest BCUT2D eigenvalue weighted by Gasteiger charge is -2.29. The van der Waals surface area contributed by atoms with Crippen LogP contribution in [0.2, 0.25) is 0 Å². The molecule has 6 heteroatoms. The highest BCUT2D eigenvalue weighted by atomic mass is 16.6. The Morgan fingerprint density at radius 3 is 2.67 bits per heavy atom. The molecule has 2 aromatic carbocycles. The van der Waals surface area contributed by atoms with Gasteiger partial charge in [-0.05, 0) is 49.6 Å². The number of ether oxygens (including phenoxy) is 1. The number of likely N-dealkylation sites (tertiary alicyclic amines) is 1. The number of carbonyl (C=O) groups excluding carboxylic acids is 3. The van der Waals surface area contributed by atoms with E-state index in [1.54, 1.807) is 24.3 Å². The van der Waals surface area contributed by atoms with Crippen LogP contribution >= 0.6 is 0 Å². The van der Waals surface area contributed by atoms with Crippen molar-refractivity contribution in [2.45, 2.75) is 39.0 Å². The first-order valence-corrected chi connectivity index (χ1v) is 8.95. The van der Waals surface area contributed by atoms with E-state index in [-0.39, 0.29) is 18.2 Å². The number of nitrogens with one attached hydrogen (secondary N) is 1. The van der Waals surface area contributed by atoms with Crippen molar-refractivity contribution in [3.63, 3.8) is 0 Å². The molecule has 138 valence electrons. The van der Waals surface area contributed by atoms with E-state index in [2.05, 4.69) is 5.32 Å². The summed E-state index contributed by atoms with van der Waals surface area (Å²) in [5.74, 6) is -0.933. The van der Waals surface area contributed by atoms with Crippen LogP contribution in [-0.2, 0) is 14.3 Å². The Morgan fingerprint density at radius 1 is 1.11 bits per heavy atom. The molecule has 2 aromatic rings. The van der Waals surface area contributed by atoms with Gasteiger partial charge in [-0.2, -0.15) is 0 Å². The molecule has 0 radical (unpaired) electrons. The van der Waals surface area contributed by atoms with Crippen molar-refractivity contribution < 1.29 is 19.1 Å². The summed E-state index contributed by atoms with van der Waals surface area (Å²) >= 11 is 0. The molecule has 1 N–H and O–H groups in total. The van der Waals surface area contributed by atoms with E-state index in [4.69, 9.17) is 4.74 Å². The molecule has 1 fully saturated rings. The summed E-state index contributed by atoms with van der Waals surface area (Å²) in [6, 6.07) is 12.0. The lowest BCUT2D eigenvalue weighted by atomic mass is 10.1. The molecular weight excluding hydrogens is 344 g/mol. The standard InChI is InChI=1S/C21H20N2O4/c1-12-7-8-14(11-13(12)2)22-19(25)17-9-10-18(24)23(17)20-15-5-3-4-6-16(15)21(26)27-20/h3-8,11,17,20H,9-10H2,1-2H3,(H,22,25). The van der Waals surface area contributed by atoms with Crippen molar-refractivity contribution in [2.24, 2.45) is 0 Å². The maximum atomic E-state index is 12.9. The highest BCUT2D eigenvalue weighted by Crippen LogP contribution is 2.38. The van der Waals surface area contributed by atoms with Crippen LogP contribution in [0.25, 0.3) is 0 Å². The smallest absolute Gasteiger partial charge is 0.340 e. The van der Waals surface area contributed by atoms with Gasteiger partial charge in [0.1, 0.15) is 6.04 Å². The van der Waals surface area contributed by atoms with Crippen LogP contribution in [0.4, 0.5) is 5.69 Å². The van der Waals surface area contributed by atoms with Crippen molar-refractivity contribution in [2.75, 3.05) is 5.32 Å². The number of hydrogen-bond acceptors (Lipinski definition) is 4. The predicted octanol–water partition coefficient (Wildman–Crippen LogP) is 3.10. The number of hydrogen-bond donors (Lipinski definition) is 1. The minimum Gasteiger partial charge on any atom is -0.433 e. The number of anilines is 1. The fraction of sp³-hybridized carbons (Fsp3) is 0.286. The van der Waals surface area contributed by atoms with Crippen molar-refractivity contribution in [3.05, 3.63) is 64.7 Å². The maximum absolute atomic E-state index is 12.9. The van der Waals surface area contributed by atoms with Crippen molar-refractivity contribution in [3.8, 4) is 0 Å². The van der Waals surface area contributed by atoms with E-state index in [1.165, 1.54) is 4.90 Å². The number of amides is 2. The third-order valence-corrected chi connectivity index (χ3v) is 5.25. The van der Waals surface area contributed by atoms with Crippen molar-refractivity contribution in [1.29, 1.82) is 0 Å². The van der Waals surface area contributed by atoms with Gasteiger partial charge < -0.3 is 10.1 Å². The largest absolute Gasteiger partial charge is 0.433 e. The molecule has 0 spiro atoms. The number of cyclic esters (lactones) is 1. The summed E-state index contributed by atoms with van der Waals surface area (Å²) in [6.07, 6.45) is -0.202. The molecule has 4 rings (SSSR count). The molecular formula is C21H20N2O4. The summed E-state index contributed by atoms with van der Waals surface area (Å²) in [4.78, 5) is 38.9. The van der Waals surface area contributed by atoms with Gasteiger partial charge in [-0.1, -0.05) is 24.3 Å². The molecule has 0 saturated carbocycles. The maximum Gasteiger partial charge on any atom is 0.340 e. The summed E-state index contributed by atoms with van der Waals surface area (Å²) in [5, 5.41) is 2.89. The molecule has 6 nitrogen and oxygen atoms in total. The zero-order chi connectivity index (χ0) is 19.1. The van der Waals surface area contributed by atoms with Gasteiger partial charge in [0.25, 0.3) is 0 Å². The second-order valence-corrected chi connectivity index (χ2v) is 6.99.